The molecule has 6 heteroatoms. The van der Waals surface area contributed by atoms with Gasteiger partial charge in [0, 0.05) is 32.7 Å². The molecule has 22 heavy (non-hydrogen) atoms. The molecule has 1 saturated carbocycles. The van der Waals surface area contributed by atoms with Crippen LogP contribution in [0.5, 0.6) is 0 Å². The maximum absolute atomic E-state index is 5.77. The molecular weight excluding hydrogens is 298 g/mol. The van der Waals surface area contributed by atoms with E-state index in [0.29, 0.717) is 6.54 Å². The fourth-order valence-electron chi connectivity index (χ4n) is 3.17. The summed E-state index contributed by atoms with van der Waals surface area (Å²) in [6.45, 7) is 4.86. The van der Waals surface area contributed by atoms with E-state index in [1.807, 2.05) is 0 Å². The zero-order chi connectivity index (χ0) is 14.4. The molecule has 0 aromatic carbocycles. The van der Waals surface area contributed by atoms with Crippen molar-refractivity contribution in [2.45, 2.75) is 25.3 Å². The van der Waals surface area contributed by atoms with E-state index in [2.05, 4.69) is 44.7 Å². The van der Waals surface area contributed by atoms with E-state index in [1.54, 1.807) is 0 Å². The number of piperazine rings is 1. The van der Waals surface area contributed by atoms with Gasteiger partial charge in [0.25, 0.3) is 0 Å². The first-order valence-corrected chi connectivity index (χ1v) is 7.91. The SMILES string of the molecule is CN1CCN(c2cc(C3CC3)cc3cc(CN)nn23)CC1.Cl. The molecule has 0 bridgehead atoms. The largest absolute Gasteiger partial charge is 0.354 e. The van der Waals surface area contributed by atoms with Crippen LogP contribution in [-0.2, 0) is 6.54 Å². The Balaban J connectivity index is 0.00000144. The number of aromatic nitrogens is 2. The minimum Gasteiger partial charge on any atom is -0.354 e. The molecule has 0 amide bonds. The Labute approximate surface area is 137 Å². The Kier molecular flexibility index (Phi) is 4.30. The molecule has 0 atom stereocenters. The van der Waals surface area contributed by atoms with Crippen LogP contribution in [0.3, 0.4) is 0 Å². The summed E-state index contributed by atoms with van der Waals surface area (Å²) in [5.74, 6) is 2.00. The Morgan fingerprint density at radius 2 is 1.86 bits per heavy atom. The summed E-state index contributed by atoms with van der Waals surface area (Å²) in [5.41, 5.74) is 9.41. The van der Waals surface area contributed by atoms with Crippen LogP contribution in [0.25, 0.3) is 5.52 Å². The van der Waals surface area contributed by atoms with Crippen molar-refractivity contribution in [3.8, 4) is 0 Å². The van der Waals surface area contributed by atoms with Gasteiger partial charge in [-0.3, -0.25) is 0 Å². The summed E-state index contributed by atoms with van der Waals surface area (Å²) in [4.78, 5) is 4.85. The van der Waals surface area contributed by atoms with Crippen molar-refractivity contribution in [3.05, 3.63) is 29.5 Å². The maximum atomic E-state index is 5.77. The van der Waals surface area contributed by atoms with Crippen LogP contribution < -0.4 is 10.6 Å². The Morgan fingerprint density at radius 1 is 1.14 bits per heavy atom. The van der Waals surface area contributed by atoms with Crippen molar-refractivity contribution in [1.82, 2.24) is 14.5 Å². The van der Waals surface area contributed by atoms with Gasteiger partial charge in [-0.1, -0.05) is 0 Å². The molecule has 120 valence electrons. The van der Waals surface area contributed by atoms with Gasteiger partial charge in [-0.25, -0.2) is 4.52 Å². The summed E-state index contributed by atoms with van der Waals surface area (Å²) in [6, 6.07) is 6.78. The molecule has 0 spiro atoms. The summed E-state index contributed by atoms with van der Waals surface area (Å²) in [6.07, 6.45) is 2.66. The van der Waals surface area contributed by atoms with Crippen molar-refractivity contribution in [1.29, 1.82) is 0 Å². The monoisotopic (exact) mass is 321 g/mol. The zero-order valence-corrected chi connectivity index (χ0v) is 13.9. The van der Waals surface area contributed by atoms with E-state index in [0.717, 1.165) is 37.8 Å². The average Bonchev–Trinajstić information content (AvgIpc) is 3.26. The van der Waals surface area contributed by atoms with Crippen LogP contribution in [0.1, 0.15) is 30.0 Å². The molecule has 1 aliphatic carbocycles. The highest BCUT2D eigenvalue weighted by Gasteiger charge is 2.26. The molecule has 2 fully saturated rings. The smallest absolute Gasteiger partial charge is 0.131 e. The zero-order valence-electron chi connectivity index (χ0n) is 13.0. The average molecular weight is 322 g/mol. The molecule has 3 heterocycles. The molecular formula is C16H24ClN5. The molecule has 0 unspecified atom stereocenters. The lowest BCUT2D eigenvalue weighted by molar-refractivity contribution is 0.311. The molecule has 4 rings (SSSR count). The van der Waals surface area contributed by atoms with E-state index in [9.17, 15) is 0 Å². The molecule has 1 aliphatic heterocycles. The van der Waals surface area contributed by atoms with Gasteiger partial charge in [-0.15, -0.1) is 12.4 Å². The molecule has 1 saturated heterocycles. The number of pyridine rings is 1. The first kappa shape index (κ1) is 15.6. The quantitative estimate of drug-likeness (QED) is 0.937. The van der Waals surface area contributed by atoms with E-state index in [1.165, 1.54) is 29.7 Å². The van der Waals surface area contributed by atoms with Gasteiger partial charge in [0.15, 0.2) is 0 Å². The topological polar surface area (TPSA) is 49.8 Å². The number of rotatable bonds is 3. The lowest BCUT2D eigenvalue weighted by atomic mass is 10.1. The third-order valence-corrected chi connectivity index (χ3v) is 4.70. The first-order chi connectivity index (χ1) is 10.2. The van der Waals surface area contributed by atoms with Crippen molar-refractivity contribution in [2.75, 3.05) is 38.1 Å². The van der Waals surface area contributed by atoms with Gasteiger partial charge >= 0.3 is 0 Å². The van der Waals surface area contributed by atoms with E-state index >= 15 is 0 Å². The lowest BCUT2D eigenvalue weighted by Gasteiger charge is -2.34. The second-order valence-corrected chi connectivity index (χ2v) is 6.39. The number of anilines is 1. The van der Waals surface area contributed by atoms with E-state index in [4.69, 9.17) is 5.73 Å². The number of halogens is 1. The number of nitrogens with zero attached hydrogens (tertiary/aromatic N) is 4. The van der Waals surface area contributed by atoms with Crippen LogP contribution in [-0.4, -0.2) is 47.7 Å². The number of hydrogen-bond donors (Lipinski definition) is 1. The van der Waals surface area contributed by atoms with Gasteiger partial charge in [0.05, 0.1) is 11.2 Å². The van der Waals surface area contributed by atoms with Gasteiger partial charge in [-0.2, -0.15) is 5.10 Å². The standard InChI is InChI=1S/C16H23N5.ClH/c1-19-4-6-20(7-5-19)16-9-13(12-2-3-12)8-15-10-14(11-17)18-21(15)16;/h8-10,12H,2-7,11,17H2,1H3;1H. The van der Waals surface area contributed by atoms with Gasteiger partial charge in [0.2, 0.25) is 0 Å². The van der Waals surface area contributed by atoms with E-state index < -0.39 is 0 Å². The summed E-state index contributed by atoms with van der Waals surface area (Å²) in [5, 5.41) is 4.68. The summed E-state index contributed by atoms with van der Waals surface area (Å²) < 4.78 is 2.08. The molecule has 2 aromatic rings. The second-order valence-electron chi connectivity index (χ2n) is 6.39. The third-order valence-electron chi connectivity index (χ3n) is 4.70. The predicted molar refractivity (Wildman–Crippen MR) is 92.0 cm³/mol. The minimum absolute atomic E-state index is 0. The highest BCUT2D eigenvalue weighted by atomic mass is 35.5. The minimum atomic E-state index is 0. The predicted octanol–water partition coefficient (Wildman–Crippen LogP) is 1.84. The molecule has 2 aromatic heterocycles. The van der Waals surface area contributed by atoms with Crippen molar-refractivity contribution < 1.29 is 0 Å². The van der Waals surface area contributed by atoms with Crippen LogP contribution >= 0.6 is 12.4 Å². The van der Waals surface area contributed by atoms with Crippen LogP contribution in [0, 0.1) is 0 Å². The Bertz CT molecular complexity index is 656. The van der Waals surface area contributed by atoms with Gasteiger partial charge in [-0.05, 0) is 49.6 Å². The summed E-state index contributed by atoms with van der Waals surface area (Å²) >= 11 is 0. The number of hydrogen-bond acceptors (Lipinski definition) is 4. The van der Waals surface area contributed by atoms with Crippen molar-refractivity contribution in [3.63, 3.8) is 0 Å². The molecule has 2 aliphatic rings. The van der Waals surface area contributed by atoms with E-state index in [-0.39, 0.29) is 12.4 Å². The normalized spacial score (nSPS) is 19.5. The Morgan fingerprint density at radius 3 is 2.50 bits per heavy atom. The fraction of sp³-hybridized carbons (Fsp3) is 0.562. The molecule has 5 nitrogen and oxygen atoms in total. The fourth-order valence-corrected chi connectivity index (χ4v) is 3.17. The number of nitrogens with two attached hydrogens (primary N) is 1. The molecule has 2 N–H and O–H groups in total. The molecule has 0 radical (unpaired) electrons. The van der Waals surface area contributed by atoms with Crippen molar-refractivity contribution in [2.24, 2.45) is 5.73 Å². The van der Waals surface area contributed by atoms with Gasteiger partial charge < -0.3 is 15.5 Å². The number of fused-ring (bicyclic) bond motifs is 1. The van der Waals surface area contributed by atoms with Crippen LogP contribution in [0.4, 0.5) is 5.82 Å². The third kappa shape index (κ3) is 2.81. The first-order valence-electron chi connectivity index (χ1n) is 7.91. The van der Waals surface area contributed by atoms with Crippen molar-refractivity contribution >= 4 is 23.7 Å². The highest BCUT2D eigenvalue weighted by molar-refractivity contribution is 5.85. The van der Waals surface area contributed by atoms with Crippen LogP contribution in [0.15, 0.2) is 18.2 Å². The maximum Gasteiger partial charge on any atom is 0.131 e. The lowest BCUT2D eigenvalue weighted by Crippen LogP contribution is -2.45. The summed E-state index contributed by atoms with van der Waals surface area (Å²) in [7, 11) is 2.19. The van der Waals surface area contributed by atoms with Crippen LogP contribution in [0.2, 0.25) is 0 Å². The number of likely N-dealkylation sites (N-methyl/N-ethyl adjacent to an activating group) is 1. The Hall–Kier alpha value is -1.30. The second kappa shape index (κ2) is 6.07. The highest BCUT2D eigenvalue weighted by Crippen LogP contribution is 2.41. The van der Waals surface area contributed by atoms with Gasteiger partial charge in [0.1, 0.15) is 5.82 Å².